The van der Waals surface area contributed by atoms with Crippen molar-refractivity contribution in [2.75, 3.05) is 13.1 Å². The van der Waals surface area contributed by atoms with Crippen molar-refractivity contribution in [3.05, 3.63) is 18.2 Å². The number of aryl methyl sites for hydroxylation is 1. The van der Waals surface area contributed by atoms with Gasteiger partial charge in [-0.2, -0.15) is 0 Å². The summed E-state index contributed by atoms with van der Waals surface area (Å²) in [4.78, 5) is 4.07. The molecule has 0 aliphatic carbocycles. The Hall–Kier alpha value is -0.870. The van der Waals surface area contributed by atoms with Gasteiger partial charge < -0.3 is 15.0 Å². The molecule has 14 heavy (non-hydrogen) atoms. The zero-order valence-electron chi connectivity index (χ0n) is 8.48. The maximum Gasteiger partial charge on any atom is 0.0996 e. The fourth-order valence-electron chi connectivity index (χ4n) is 2.03. The molecule has 0 bridgehead atoms. The summed E-state index contributed by atoms with van der Waals surface area (Å²) in [5.41, 5.74) is 0.946. The van der Waals surface area contributed by atoms with Crippen molar-refractivity contribution in [2.45, 2.75) is 26.0 Å². The van der Waals surface area contributed by atoms with Crippen LogP contribution in [0.5, 0.6) is 0 Å². The standard InChI is InChI=1S/C10H17N3O/c1-2-13-7-12-6-9(13)10(14)8-3-4-11-5-8/h6-8,10-11,14H,2-5H2,1H3. The van der Waals surface area contributed by atoms with E-state index in [1.54, 1.807) is 12.5 Å². The molecule has 0 spiro atoms. The molecule has 1 saturated heterocycles. The van der Waals surface area contributed by atoms with Gasteiger partial charge in [0.05, 0.1) is 24.3 Å². The van der Waals surface area contributed by atoms with Crippen molar-refractivity contribution in [3.8, 4) is 0 Å². The molecule has 2 rings (SSSR count). The SMILES string of the molecule is CCn1cncc1C(O)C1CCNC1. The molecule has 1 aliphatic heterocycles. The molecule has 1 aromatic rings. The fraction of sp³-hybridized carbons (Fsp3) is 0.700. The molecule has 2 unspecified atom stereocenters. The second kappa shape index (κ2) is 4.11. The molecule has 1 aliphatic rings. The second-order valence-electron chi connectivity index (χ2n) is 3.80. The summed E-state index contributed by atoms with van der Waals surface area (Å²) in [7, 11) is 0. The first kappa shape index (κ1) is 9.68. The molecule has 1 fully saturated rings. The zero-order valence-corrected chi connectivity index (χ0v) is 8.48. The third-order valence-corrected chi connectivity index (χ3v) is 2.93. The summed E-state index contributed by atoms with van der Waals surface area (Å²) in [6.45, 7) is 4.86. The van der Waals surface area contributed by atoms with Crippen LogP contribution in [0.2, 0.25) is 0 Å². The summed E-state index contributed by atoms with van der Waals surface area (Å²) in [5.74, 6) is 0.344. The predicted octanol–water partition coefficient (Wildman–Crippen LogP) is 0.546. The Morgan fingerprint density at radius 3 is 3.29 bits per heavy atom. The molecule has 4 heteroatoms. The Morgan fingerprint density at radius 1 is 1.79 bits per heavy atom. The Balaban J connectivity index is 2.12. The van der Waals surface area contributed by atoms with E-state index in [1.807, 2.05) is 4.57 Å². The van der Waals surface area contributed by atoms with Crippen LogP contribution in [0.4, 0.5) is 0 Å². The molecule has 0 aromatic carbocycles. The smallest absolute Gasteiger partial charge is 0.0996 e. The minimum atomic E-state index is -0.368. The molecular weight excluding hydrogens is 178 g/mol. The molecule has 1 aromatic heterocycles. The summed E-state index contributed by atoms with van der Waals surface area (Å²) in [5, 5.41) is 13.4. The van der Waals surface area contributed by atoms with E-state index in [-0.39, 0.29) is 6.10 Å². The van der Waals surface area contributed by atoms with E-state index in [9.17, 15) is 5.11 Å². The molecule has 2 N–H and O–H groups in total. The van der Waals surface area contributed by atoms with Crippen LogP contribution in [0.3, 0.4) is 0 Å². The average Bonchev–Trinajstić information content (AvgIpc) is 2.87. The molecular formula is C10H17N3O. The van der Waals surface area contributed by atoms with Crippen molar-refractivity contribution in [3.63, 3.8) is 0 Å². The van der Waals surface area contributed by atoms with E-state index < -0.39 is 0 Å². The third-order valence-electron chi connectivity index (χ3n) is 2.93. The highest BCUT2D eigenvalue weighted by molar-refractivity contribution is 5.05. The van der Waals surface area contributed by atoms with Gasteiger partial charge in [0, 0.05) is 19.0 Å². The van der Waals surface area contributed by atoms with Gasteiger partial charge >= 0.3 is 0 Å². The van der Waals surface area contributed by atoms with Crippen LogP contribution in [-0.4, -0.2) is 27.7 Å². The normalized spacial score (nSPS) is 24.0. The van der Waals surface area contributed by atoms with E-state index in [0.717, 1.165) is 31.7 Å². The highest BCUT2D eigenvalue weighted by atomic mass is 16.3. The van der Waals surface area contributed by atoms with Crippen molar-refractivity contribution in [1.82, 2.24) is 14.9 Å². The maximum atomic E-state index is 10.1. The van der Waals surface area contributed by atoms with Gasteiger partial charge in [-0.1, -0.05) is 0 Å². The summed E-state index contributed by atoms with van der Waals surface area (Å²) in [6.07, 6.45) is 4.23. The Bertz CT molecular complexity index is 291. The molecule has 2 atom stereocenters. The second-order valence-corrected chi connectivity index (χ2v) is 3.80. The van der Waals surface area contributed by atoms with Crippen molar-refractivity contribution < 1.29 is 5.11 Å². The Labute approximate surface area is 84.0 Å². The van der Waals surface area contributed by atoms with E-state index in [4.69, 9.17) is 0 Å². The number of rotatable bonds is 3. The number of nitrogens with one attached hydrogen (secondary N) is 1. The molecule has 0 radical (unpaired) electrons. The molecule has 2 heterocycles. The highest BCUT2D eigenvalue weighted by Crippen LogP contribution is 2.26. The van der Waals surface area contributed by atoms with Crippen LogP contribution in [0.25, 0.3) is 0 Å². The molecule has 0 amide bonds. The highest BCUT2D eigenvalue weighted by Gasteiger charge is 2.26. The van der Waals surface area contributed by atoms with Gasteiger partial charge in [0.2, 0.25) is 0 Å². The van der Waals surface area contributed by atoms with Gasteiger partial charge in [-0.05, 0) is 19.9 Å². The minimum absolute atomic E-state index is 0.344. The van der Waals surface area contributed by atoms with E-state index in [1.165, 1.54) is 0 Å². The summed E-state index contributed by atoms with van der Waals surface area (Å²) in [6, 6.07) is 0. The van der Waals surface area contributed by atoms with Gasteiger partial charge in [-0.25, -0.2) is 4.98 Å². The van der Waals surface area contributed by atoms with Crippen LogP contribution in [0, 0.1) is 5.92 Å². The van der Waals surface area contributed by atoms with Crippen molar-refractivity contribution in [1.29, 1.82) is 0 Å². The van der Waals surface area contributed by atoms with E-state index in [2.05, 4.69) is 17.2 Å². The third kappa shape index (κ3) is 1.67. The lowest BCUT2D eigenvalue weighted by Gasteiger charge is -2.18. The lowest BCUT2D eigenvalue weighted by molar-refractivity contribution is 0.110. The molecule has 0 saturated carbocycles. The van der Waals surface area contributed by atoms with Crippen LogP contribution in [0.15, 0.2) is 12.5 Å². The Morgan fingerprint density at radius 2 is 2.64 bits per heavy atom. The number of nitrogens with zero attached hydrogens (tertiary/aromatic N) is 2. The minimum Gasteiger partial charge on any atom is -0.386 e. The number of hydrogen-bond acceptors (Lipinski definition) is 3. The largest absolute Gasteiger partial charge is 0.386 e. The zero-order chi connectivity index (χ0) is 9.97. The van der Waals surface area contributed by atoms with Gasteiger partial charge in [-0.15, -0.1) is 0 Å². The number of imidazole rings is 1. The number of aliphatic hydroxyl groups excluding tert-OH is 1. The predicted molar refractivity (Wildman–Crippen MR) is 53.8 cm³/mol. The van der Waals surface area contributed by atoms with E-state index in [0.29, 0.717) is 5.92 Å². The Kier molecular flexibility index (Phi) is 2.84. The fourth-order valence-corrected chi connectivity index (χ4v) is 2.03. The number of aliphatic hydroxyl groups is 1. The van der Waals surface area contributed by atoms with Crippen molar-refractivity contribution in [2.24, 2.45) is 5.92 Å². The summed E-state index contributed by atoms with van der Waals surface area (Å²) >= 11 is 0. The lowest BCUT2D eigenvalue weighted by atomic mass is 9.99. The number of aromatic nitrogens is 2. The van der Waals surface area contributed by atoms with Crippen LogP contribution in [0.1, 0.15) is 25.1 Å². The quantitative estimate of drug-likeness (QED) is 0.740. The van der Waals surface area contributed by atoms with Crippen LogP contribution in [-0.2, 0) is 6.54 Å². The van der Waals surface area contributed by atoms with Crippen LogP contribution >= 0.6 is 0 Å². The monoisotopic (exact) mass is 195 g/mol. The first-order valence-corrected chi connectivity index (χ1v) is 5.21. The maximum absolute atomic E-state index is 10.1. The van der Waals surface area contributed by atoms with E-state index >= 15 is 0 Å². The van der Waals surface area contributed by atoms with Gasteiger partial charge in [0.15, 0.2) is 0 Å². The van der Waals surface area contributed by atoms with Gasteiger partial charge in [0.25, 0.3) is 0 Å². The van der Waals surface area contributed by atoms with Crippen LogP contribution < -0.4 is 5.32 Å². The van der Waals surface area contributed by atoms with Crippen molar-refractivity contribution >= 4 is 0 Å². The molecule has 4 nitrogen and oxygen atoms in total. The topological polar surface area (TPSA) is 50.1 Å². The first-order valence-electron chi connectivity index (χ1n) is 5.21. The average molecular weight is 195 g/mol. The molecule has 78 valence electrons. The first-order chi connectivity index (χ1) is 6.83. The van der Waals surface area contributed by atoms with Gasteiger partial charge in [0.1, 0.15) is 0 Å². The number of hydrogen-bond donors (Lipinski definition) is 2. The summed E-state index contributed by atoms with van der Waals surface area (Å²) < 4.78 is 2.00. The lowest BCUT2D eigenvalue weighted by Crippen LogP contribution is -2.18. The van der Waals surface area contributed by atoms with Gasteiger partial charge in [-0.3, -0.25) is 0 Å².